The van der Waals surface area contributed by atoms with Crippen LogP contribution in [0, 0.1) is 17.8 Å². The highest BCUT2D eigenvalue weighted by Gasteiger charge is 2.29. The van der Waals surface area contributed by atoms with Crippen LogP contribution in [0.3, 0.4) is 0 Å². The highest BCUT2D eigenvalue weighted by molar-refractivity contribution is 6.04. The average Bonchev–Trinajstić information content (AvgIpc) is 2.67. The van der Waals surface area contributed by atoms with Crippen LogP contribution in [-0.2, 0) is 11.2 Å². The Hall–Kier alpha value is -1.41. The fourth-order valence-corrected chi connectivity index (χ4v) is 4.67. The maximum atomic E-state index is 6.21. The lowest BCUT2D eigenvalue weighted by molar-refractivity contribution is 0.0219. The van der Waals surface area contributed by atoms with Gasteiger partial charge in [-0.3, -0.25) is 4.99 Å². The van der Waals surface area contributed by atoms with Gasteiger partial charge in [0.15, 0.2) is 0 Å². The molecular formula is C27H41NO. The Kier molecular flexibility index (Phi) is 8.12. The molecule has 1 aromatic carbocycles. The highest BCUT2D eigenvalue weighted by Crippen LogP contribution is 2.36. The Labute approximate surface area is 178 Å². The van der Waals surface area contributed by atoms with Gasteiger partial charge in [0.2, 0.25) is 0 Å². The summed E-state index contributed by atoms with van der Waals surface area (Å²) in [4.78, 5) is 5.05. The van der Waals surface area contributed by atoms with Gasteiger partial charge in [-0.1, -0.05) is 63.1 Å². The molecule has 0 amide bonds. The molecule has 1 saturated carbocycles. The molecular weight excluding hydrogens is 354 g/mol. The Balaban J connectivity index is 1.68. The molecule has 160 valence electrons. The van der Waals surface area contributed by atoms with E-state index in [1.165, 1.54) is 60.9 Å². The first kappa shape index (κ1) is 22.3. The molecule has 2 unspecified atom stereocenters. The summed E-state index contributed by atoms with van der Waals surface area (Å²) in [5.74, 6) is 1.89. The fraction of sp³-hybridized carbons (Fsp3) is 0.667. The van der Waals surface area contributed by atoms with Crippen molar-refractivity contribution in [3.8, 4) is 0 Å². The van der Waals surface area contributed by atoms with Gasteiger partial charge >= 0.3 is 0 Å². The molecule has 0 bridgehead atoms. The molecule has 1 aromatic rings. The van der Waals surface area contributed by atoms with Crippen LogP contribution in [0.25, 0.3) is 0 Å². The van der Waals surface area contributed by atoms with Crippen LogP contribution in [0.2, 0.25) is 0 Å². The minimum absolute atomic E-state index is 0.432. The van der Waals surface area contributed by atoms with E-state index in [1.807, 2.05) is 0 Å². The van der Waals surface area contributed by atoms with Gasteiger partial charge in [-0.15, -0.1) is 0 Å². The second-order valence-electron chi connectivity index (χ2n) is 10.0. The van der Waals surface area contributed by atoms with Crippen LogP contribution < -0.4 is 0 Å². The molecule has 1 aliphatic carbocycles. The van der Waals surface area contributed by atoms with E-state index in [0.29, 0.717) is 17.9 Å². The molecule has 0 radical (unpaired) electrons. The van der Waals surface area contributed by atoms with E-state index < -0.39 is 0 Å². The van der Waals surface area contributed by atoms with Gasteiger partial charge in [-0.25, -0.2) is 0 Å². The van der Waals surface area contributed by atoms with Gasteiger partial charge in [0.1, 0.15) is 0 Å². The van der Waals surface area contributed by atoms with Crippen molar-refractivity contribution in [2.24, 2.45) is 22.7 Å². The number of dihydropyridines is 1. The van der Waals surface area contributed by atoms with Crippen molar-refractivity contribution in [2.75, 3.05) is 13.2 Å². The molecule has 2 atom stereocenters. The van der Waals surface area contributed by atoms with Crippen molar-refractivity contribution in [3.05, 3.63) is 46.5 Å². The topological polar surface area (TPSA) is 21.6 Å². The number of hydrogen-bond donors (Lipinski definition) is 0. The van der Waals surface area contributed by atoms with Crippen LogP contribution in [0.4, 0.5) is 0 Å². The lowest BCUT2D eigenvalue weighted by atomic mass is 9.77. The molecule has 2 nitrogen and oxygen atoms in total. The molecule has 2 heteroatoms. The molecule has 0 N–H and O–H groups in total. The number of nitrogens with zero attached hydrogens (tertiary/aromatic N) is 1. The monoisotopic (exact) mass is 395 g/mol. The lowest BCUT2D eigenvalue weighted by Crippen LogP contribution is -2.28. The summed E-state index contributed by atoms with van der Waals surface area (Å²) in [5, 5.41) is 0. The van der Waals surface area contributed by atoms with Gasteiger partial charge in [0, 0.05) is 18.2 Å². The van der Waals surface area contributed by atoms with Gasteiger partial charge in [0.25, 0.3) is 0 Å². The van der Waals surface area contributed by atoms with E-state index in [0.717, 1.165) is 25.5 Å². The average molecular weight is 396 g/mol. The summed E-state index contributed by atoms with van der Waals surface area (Å²) < 4.78 is 6.21. The second-order valence-corrected chi connectivity index (χ2v) is 10.0. The minimum Gasteiger partial charge on any atom is -0.378 e. The summed E-state index contributed by atoms with van der Waals surface area (Å²) in [6, 6.07) is 9.29. The summed E-state index contributed by atoms with van der Waals surface area (Å²) in [7, 11) is 0. The first-order valence-corrected chi connectivity index (χ1v) is 11.9. The number of hydrogen-bond acceptors (Lipinski definition) is 2. The van der Waals surface area contributed by atoms with Gasteiger partial charge in [0.05, 0.1) is 12.6 Å². The number of benzene rings is 1. The van der Waals surface area contributed by atoms with Crippen molar-refractivity contribution in [1.82, 2.24) is 0 Å². The summed E-state index contributed by atoms with van der Waals surface area (Å²) in [6.45, 7) is 13.1. The predicted molar refractivity (Wildman–Crippen MR) is 125 cm³/mol. The van der Waals surface area contributed by atoms with Crippen LogP contribution >= 0.6 is 0 Å². The molecule has 1 fully saturated rings. The smallest absolute Gasteiger partial charge is 0.0603 e. The molecule has 3 rings (SSSR count). The van der Waals surface area contributed by atoms with Gasteiger partial charge < -0.3 is 4.74 Å². The summed E-state index contributed by atoms with van der Waals surface area (Å²) in [5.41, 5.74) is 7.27. The van der Waals surface area contributed by atoms with Crippen LogP contribution in [0.15, 0.2) is 40.4 Å². The predicted octanol–water partition coefficient (Wildman–Crippen LogP) is 7.02. The zero-order chi connectivity index (χ0) is 20.8. The third-order valence-corrected chi connectivity index (χ3v) is 6.47. The molecule has 0 saturated heterocycles. The largest absolute Gasteiger partial charge is 0.378 e. The van der Waals surface area contributed by atoms with E-state index in [2.05, 4.69) is 58.9 Å². The Morgan fingerprint density at radius 1 is 1.00 bits per heavy atom. The van der Waals surface area contributed by atoms with E-state index in [4.69, 9.17) is 9.73 Å². The number of fused-ring (bicyclic) bond motifs is 1. The third kappa shape index (κ3) is 6.28. The molecule has 2 aliphatic rings. The third-order valence-electron chi connectivity index (χ3n) is 6.47. The number of aryl methyl sites for hydroxylation is 1. The SMILES string of the molecule is CC1=C2CCC(OCC(C)C)CCCC2C(c2ccc(CCC(C)C)cc2)=NC1. The lowest BCUT2D eigenvalue weighted by Gasteiger charge is -2.32. The normalized spacial score (nSPS) is 23.1. The molecule has 0 aromatic heterocycles. The van der Waals surface area contributed by atoms with Crippen LogP contribution in [0.1, 0.15) is 84.3 Å². The zero-order valence-corrected chi connectivity index (χ0v) is 19.3. The summed E-state index contributed by atoms with van der Waals surface area (Å²) >= 11 is 0. The zero-order valence-electron chi connectivity index (χ0n) is 19.3. The Morgan fingerprint density at radius 2 is 1.76 bits per heavy atom. The van der Waals surface area contributed by atoms with Crippen molar-refractivity contribution in [2.45, 2.75) is 85.7 Å². The van der Waals surface area contributed by atoms with Gasteiger partial charge in [-0.2, -0.15) is 0 Å². The van der Waals surface area contributed by atoms with E-state index in [1.54, 1.807) is 5.57 Å². The van der Waals surface area contributed by atoms with E-state index in [-0.39, 0.29) is 0 Å². The molecule has 0 spiro atoms. The van der Waals surface area contributed by atoms with Crippen molar-refractivity contribution < 1.29 is 4.74 Å². The summed E-state index contributed by atoms with van der Waals surface area (Å²) in [6.07, 6.45) is 8.84. The number of ether oxygens (including phenoxy) is 1. The van der Waals surface area contributed by atoms with Crippen molar-refractivity contribution >= 4 is 5.71 Å². The first-order valence-electron chi connectivity index (χ1n) is 11.9. The first-order chi connectivity index (χ1) is 13.9. The Morgan fingerprint density at radius 3 is 2.45 bits per heavy atom. The molecule has 29 heavy (non-hydrogen) atoms. The van der Waals surface area contributed by atoms with Crippen LogP contribution in [0.5, 0.6) is 0 Å². The highest BCUT2D eigenvalue weighted by atomic mass is 16.5. The quantitative estimate of drug-likeness (QED) is 0.455. The standard InChI is InChI=1S/C27H41NO/c1-19(2)9-10-22-11-13-23(14-12-22)27-26-8-6-7-24(29-18-20(3)4)15-16-25(26)21(5)17-28-27/h11-14,19-20,24,26H,6-10,15-18H2,1-5H3. The second kappa shape index (κ2) is 10.6. The van der Waals surface area contributed by atoms with Crippen molar-refractivity contribution in [1.29, 1.82) is 0 Å². The fourth-order valence-electron chi connectivity index (χ4n) is 4.67. The number of rotatable bonds is 7. The maximum Gasteiger partial charge on any atom is 0.0603 e. The number of allylic oxidation sites excluding steroid dienone is 1. The van der Waals surface area contributed by atoms with Crippen molar-refractivity contribution in [3.63, 3.8) is 0 Å². The minimum atomic E-state index is 0.432. The number of aliphatic imine (C=N–C) groups is 1. The molecule has 1 heterocycles. The maximum absolute atomic E-state index is 6.21. The molecule has 1 aliphatic heterocycles. The Bertz CT molecular complexity index is 711. The van der Waals surface area contributed by atoms with E-state index >= 15 is 0 Å². The van der Waals surface area contributed by atoms with Crippen LogP contribution in [-0.4, -0.2) is 25.0 Å². The van der Waals surface area contributed by atoms with Gasteiger partial charge in [-0.05, 0) is 74.8 Å². The van der Waals surface area contributed by atoms with E-state index in [9.17, 15) is 0 Å².